The highest BCUT2D eigenvalue weighted by Crippen LogP contribution is 2.30. The molecular formula is C13H17Cl4N3. The predicted molar refractivity (Wildman–Crippen MR) is 88.4 cm³/mol. The molecule has 0 spiro atoms. The minimum atomic E-state index is 0. The van der Waals surface area contributed by atoms with Crippen LogP contribution in [0.4, 0.5) is 0 Å². The van der Waals surface area contributed by atoms with Crippen LogP contribution in [0.15, 0.2) is 18.2 Å². The van der Waals surface area contributed by atoms with Gasteiger partial charge in [0.1, 0.15) is 0 Å². The number of nitrogens with one attached hydrogen (secondary N) is 1. The quantitative estimate of drug-likeness (QED) is 0.897. The molecule has 0 bridgehead atoms. The summed E-state index contributed by atoms with van der Waals surface area (Å²) in [5.41, 5.74) is 1.06. The SMILES string of the molecule is Cl.Cl.N#CC[C@H](c1ccc(Cl)c(Cl)c1)N1CCNCC1. The first-order valence-corrected chi connectivity index (χ1v) is 6.74. The molecule has 1 aromatic carbocycles. The number of piperazine rings is 1. The first-order chi connectivity index (χ1) is 8.72. The molecule has 1 saturated heterocycles. The van der Waals surface area contributed by atoms with E-state index in [4.69, 9.17) is 28.5 Å². The minimum Gasteiger partial charge on any atom is -0.314 e. The lowest BCUT2D eigenvalue weighted by molar-refractivity contribution is 0.175. The van der Waals surface area contributed by atoms with Crippen molar-refractivity contribution in [2.24, 2.45) is 0 Å². The van der Waals surface area contributed by atoms with Gasteiger partial charge >= 0.3 is 0 Å². The molecular weight excluding hydrogens is 340 g/mol. The summed E-state index contributed by atoms with van der Waals surface area (Å²) in [6.07, 6.45) is 0.470. The molecule has 0 saturated carbocycles. The van der Waals surface area contributed by atoms with Crippen LogP contribution in [0.25, 0.3) is 0 Å². The molecule has 1 heterocycles. The van der Waals surface area contributed by atoms with Crippen LogP contribution in [-0.2, 0) is 0 Å². The van der Waals surface area contributed by atoms with Crippen molar-refractivity contribution in [2.75, 3.05) is 26.2 Å². The fourth-order valence-corrected chi connectivity index (χ4v) is 2.56. The highest BCUT2D eigenvalue weighted by molar-refractivity contribution is 6.42. The third kappa shape index (κ3) is 4.96. The van der Waals surface area contributed by atoms with Crippen molar-refractivity contribution in [2.45, 2.75) is 12.5 Å². The first-order valence-electron chi connectivity index (χ1n) is 5.99. The molecule has 1 aromatic rings. The van der Waals surface area contributed by atoms with Crippen molar-refractivity contribution in [1.29, 1.82) is 5.26 Å². The third-order valence-electron chi connectivity index (χ3n) is 3.21. The topological polar surface area (TPSA) is 39.1 Å². The molecule has 1 fully saturated rings. The molecule has 1 N–H and O–H groups in total. The van der Waals surface area contributed by atoms with Crippen LogP contribution >= 0.6 is 48.0 Å². The lowest BCUT2D eigenvalue weighted by atomic mass is 10.0. The van der Waals surface area contributed by atoms with Gasteiger partial charge in [0.2, 0.25) is 0 Å². The maximum Gasteiger partial charge on any atom is 0.0641 e. The van der Waals surface area contributed by atoms with Crippen LogP contribution in [0.1, 0.15) is 18.0 Å². The first kappa shape index (κ1) is 19.8. The van der Waals surface area contributed by atoms with Crippen LogP contribution in [0.5, 0.6) is 0 Å². The summed E-state index contributed by atoms with van der Waals surface area (Å²) in [4.78, 5) is 2.32. The van der Waals surface area contributed by atoms with E-state index in [1.165, 1.54) is 0 Å². The maximum atomic E-state index is 9.00. The minimum absolute atomic E-state index is 0. The van der Waals surface area contributed by atoms with Gasteiger partial charge in [-0.2, -0.15) is 5.26 Å². The van der Waals surface area contributed by atoms with Crippen molar-refractivity contribution in [3.05, 3.63) is 33.8 Å². The molecule has 112 valence electrons. The fourth-order valence-electron chi connectivity index (χ4n) is 2.26. The van der Waals surface area contributed by atoms with Gasteiger partial charge in [-0.1, -0.05) is 29.3 Å². The Morgan fingerprint density at radius 2 is 1.85 bits per heavy atom. The molecule has 0 unspecified atom stereocenters. The van der Waals surface area contributed by atoms with Gasteiger partial charge in [-0.3, -0.25) is 4.90 Å². The number of rotatable bonds is 3. The lowest BCUT2D eigenvalue weighted by Crippen LogP contribution is -2.45. The summed E-state index contributed by atoms with van der Waals surface area (Å²) in [5.74, 6) is 0. The summed E-state index contributed by atoms with van der Waals surface area (Å²) in [7, 11) is 0. The number of halogens is 4. The van der Waals surface area contributed by atoms with E-state index < -0.39 is 0 Å². The number of benzene rings is 1. The Bertz CT molecular complexity index is 455. The van der Waals surface area contributed by atoms with Gasteiger partial charge in [-0.05, 0) is 17.7 Å². The normalized spacial score (nSPS) is 16.4. The van der Waals surface area contributed by atoms with Gasteiger partial charge in [-0.25, -0.2) is 0 Å². The van der Waals surface area contributed by atoms with E-state index in [0.717, 1.165) is 31.7 Å². The van der Waals surface area contributed by atoms with E-state index >= 15 is 0 Å². The summed E-state index contributed by atoms with van der Waals surface area (Å²) < 4.78 is 0. The molecule has 1 aliphatic heterocycles. The Labute approximate surface area is 142 Å². The predicted octanol–water partition coefficient (Wildman–Crippen LogP) is 3.70. The Hall–Kier alpha value is -0.210. The van der Waals surface area contributed by atoms with Crippen molar-refractivity contribution in [3.8, 4) is 6.07 Å². The zero-order chi connectivity index (χ0) is 13.0. The van der Waals surface area contributed by atoms with Crippen LogP contribution in [0, 0.1) is 11.3 Å². The van der Waals surface area contributed by atoms with Crippen LogP contribution in [-0.4, -0.2) is 31.1 Å². The van der Waals surface area contributed by atoms with E-state index in [9.17, 15) is 0 Å². The van der Waals surface area contributed by atoms with Gasteiger partial charge in [0.15, 0.2) is 0 Å². The average Bonchev–Trinajstić information content (AvgIpc) is 2.40. The second kappa shape index (κ2) is 9.68. The molecule has 0 radical (unpaired) electrons. The van der Waals surface area contributed by atoms with Gasteiger partial charge < -0.3 is 5.32 Å². The Morgan fingerprint density at radius 1 is 1.20 bits per heavy atom. The average molecular weight is 357 g/mol. The smallest absolute Gasteiger partial charge is 0.0641 e. The van der Waals surface area contributed by atoms with E-state index in [1.54, 1.807) is 6.07 Å². The van der Waals surface area contributed by atoms with E-state index in [0.29, 0.717) is 16.5 Å². The molecule has 0 aliphatic carbocycles. The highest BCUT2D eigenvalue weighted by atomic mass is 35.5. The second-order valence-corrected chi connectivity index (χ2v) is 5.15. The summed E-state index contributed by atoms with van der Waals surface area (Å²) >= 11 is 12.0. The monoisotopic (exact) mass is 355 g/mol. The zero-order valence-electron chi connectivity index (χ0n) is 10.8. The van der Waals surface area contributed by atoms with Crippen molar-refractivity contribution < 1.29 is 0 Å². The molecule has 0 amide bonds. The molecule has 20 heavy (non-hydrogen) atoms. The van der Waals surface area contributed by atoms with Gasteiger partial charge in [-0.15, -0.1) is 24.8 Å². The molecule has 2 rings (SSSR count). The van der Waals surface area contributed by atoms with Crippen LogP contribution in [0.3, 0.4) is 0 Å². The summed E-state index contributed by atoms with van der Waals surface area (Å²) in [6.45, 7) is 3.83. The summed E-state index contributed by atoms with van der Waals surface area (Å²) in [6, 6.07) is 7.99. The third-order valence-corrected chi connectivity index (χ3v) is 3.94. The number of nitriles is 1. The Balaban J connectivity index is 0.00000180. The molecule has 1 atom stereocenters. The van der Waals surface area contributed by atoms with Gasteiger partial charge in [0.05, 0.1) is 22.5 Å². The molecule has 1 aliphatic rings. The fraction of sp³-hybridized carbons (Fsp3) is 0.462. The maximum absolute atomic E-state index is 9.00. The number of hydrogen-bond acceptors (Lipinski definition) is 3. The van der Waals surface area contributed by atoms with Gasteiger partial charge in [0, 0.05) is 32.2 Å². The molecule has 0 aromatic heterocycles. The Morgan fingerprint density at radius 3 is 2.40 bits per heavy atom. The van der Waals surface area contributed by atoms with E-state index in [-0.39, 0.29) is 30.9 Å². The zero-order valence-corrected chi connectivity index (χ0v) is 14.0. The summed E-state index contributed by atoms with van der Waals surface area (Å²) in [5, 5.41) is 13.4. The number of hydrogen-bond donors (Lipinski definition) is 1. The largest absolute Gasteiger partial charge is 0.314 e. The second-order valence-electron chi connectivity index (χ2n) is 4.34. The van der Waals surface area contributed by atoms with E-state index in [1.807, 2.05) is 12.1 Å². The van der Waals surface area contributed by atoms with Crippen molar-refractivity contribution in [1.82, 2.24) is 10.2 Å². The highest BCUT2D eigenvalue weighted by Gasteiger charge is 2.22. The van der Waals surface area contributed by atoms with E-state index in [2.05, 4.69) is 16.3 Å². The molecule has 3 nitrogen and oxygen atoms in total. The molecule has 7 heteroatoms. The lowest BCUT2D eigenvalue weighted by Gasteiger charge is -2.34. The Kier molecular flexibility index (Phi) is 9.58. The number of nitrogens with zero attached hydrogens (tertiary/aromatic N) is 2. The van der Waals surface area contributed by atoms with Crippen molar-refractivity contribution >= 4 is 48.0 Å². The van der Waals surface area contributed by atoms with Crippen LogP contribution < -0.4 is 5.32 Å². The van der Waals surface area contributed by atoms with Crippen molar-refractivity contribution in [3.63, 3.8) is 0 Å². The standard InChI is InChI=1S/C13H15Cl2N3.2ClH/c14-11-2-1-10(9-12(11)15)13(3-4-16)18-7-5-17-6-8-18;;/h1-2,9,13,17H,3,5-8H2;2*1H/t13-;;/m1../s1. The van der Waals surface area contributed by atoms with Gasteiger partial charge in [0.25, 0.3) is 0 Å². The van der Waals surface area contributed by atoms with Crippen LogP contribution in [0.2, 0.25) is 10.0 Å².